The van der Waals surface area contributed by atoms with Crippen molar-refractivity contribution in [1.29, 1.82) is 0 Å². The van der Waals surface area contributed by atoms with Gasteiger partial charge in [-0.15, -0.1) is 5.10 Å². The molecule has 5 rings (SSSR count). The number of sulfone groups is 1. The molecule has 0 aromatic carbocycles. The topological polar surface area (TPSA) is 177 Å². The summed E-state index contributed by atoms with van der Waals surface area (Å²) in [5, 5.41) is 14.7. The molecule has 220 valence electrons. The number of carboxylic acid groups (broad SMARTS) is 1. The third-order valence-corrected chi connectivity index (χ3v) is 8.23. The number of pyridine rings is 1. The Balaban J connectivity index is 0.000000493. The predicted octanol–water partition coefficient (Wildman–Crippen LogP) is 2.36. The summed E-state index contributed by atoms with van der Waals surface area (Å²) < 4.78 is 59.4. The van der Waals surface area contributed by atoms with Crippen LogP contribution in [0.15, 0.2) is 37.1 Å². The Kier molecular flexibility index (Phi) is 8.30. The molecule has 1 fully saturated rings. The number of fused-ring (bicyclic) bond motifs is 2. The maximum atomic E-state index is 13.2. The molecule has 13 nitrogen and oxygen atoms in total. The summed E-state index contributed by atoms with van der Waals surface area (Å²) in [5.41, 5.74) is 7.97. The minimum Gasteiger partial charge on any atom is -0.475 e. The lowest BCUT2D eigenvalue weighted by Crippen LogP contribution is -2.33. The molecular formula is C23H24ClF3N8O5S. The van der Waals surface area contributed by atoms with E-state index in [1.54, 1.807) is 37.1 Å². The van der Waals surface area contributed by atoms with Crippen LogP contribution >= 0.6 is 11.6 Å². The van der Waals surface area contributed by atoms with Crippen LogP contribution in [0.25, 0.3) is 11.2 Å². The molecule has 4 aromatic heterocycles. The smallest absolute Gasteiger partial charge is 0.475 e. The number of imidazole rings is 1. The fourth-order valence-corrected chi connectivity index (χ4v) is 5.86. The molecule has 0 saturated carbocycles. The molecule has 1 unspecified atom stereocenters. The quantitative estimate of drug-likeness (QED) is 0.308. The molecule has 0 spiro atoms. The molecule has 1 aliphatic rings. The number of anilines is 2. The number of hydrogen-bond acceptors (Lipinski definition) is 9. The fraction of sp³-hybridized carbons (Fsp3) is 0.348. The second-order valence-corrected chi connectivity index (χ2v) is 11.8. The Morgan fingerprint density at radius 3 is 2.63 bits per heavy atom. The van der Waals surface area contributed by atoms with Crippen molar-refractivity contribution in [2.75, 3.05) is 35.2 Å². The summed E-state index contributed by atoms with van der Waals surface area (Å²) in [6.07, 6.45) is 1.94. The lowest BCUT2D eigenvalue weighted by Gasteiger charge is -2.29. The first kappa shape index (κ1) is 29.9. The highest BCUT2D eigenvalue weighted by molar-refractivity contribution is 7.91. The largest absolute Gasteiger partial charge is 0.490 e. The van der Waals surface area contributed by atoms with E-state index in [2.05, 4.69) is 20.4 Å². The Labute approximate surface area is 235 Å². The third kappa shape index (κ3) is 6.45. The van der Waals surface area contributed by atoms with E-state index in [1.807, 2.05) is 16.2 Å². The average molecular weight is 617 g/mol. The predicted molar refractivity (Wildman–Crippen MR) is 143 cm³/mol. The minimum atomic E-state index is -5.08. The Morgan fingerprint density at radius 2 is 1.95 bits per heavy atom. The molecule has 1 saturated heterocycles. The van der Waals surface area contributed by atoms with Gasteiger partial charge in [-0.1, -0.05) is 11.6 Å². The Bertz CT molecular complexity index is 1720. The summed E-state index contributed by atoms with van der Waals surface area (Å²) in [4.78, 5) is 32.6. The first-order valence-corrected chi connectivity index (χ1v) is 14.2. The van der Waals surface area contributed by atoms with E-state index in [4.69, 9.17) is 27.2 Å². The SMILES string of the molecule is CC(NC(=O)c1c(N)nn2cccnc12)c1cc(Cl)c2cncn2c1N1CCCS(=O)(=O)CC1.O=C(O)C(F)(F)F. The summed E-state index contributed by atoms with van der Waals surface area (Å²) in [6.45, 7) is 2.71. The van der Waals surface area contributed by atoms with Crippen LogP contribution in [0.3, 0.4) is 0 Å². The lowest BCUT2D eigenvalue weighted by atomic mass is 10.1. The number of hydrogen-bond donors (Lipinski definition) is 3. The summed E-state index contributed by atoms with van der Waals surface area (Å²) in [5.74, 6) is -2.17. The fourth-order valence-electron chi connectivity index (χ4n) is 4.33. The van der Waals surface area contributed by atoms with E-state index in [1.165, 1.54) is 4.52 Å². The van der Waals surface area contributed by atoms with Gasteiger partial charge in [0, 0.05) is 31.0 Å². The number of rotatable bonds is 4. The second kappa shape index (κ2) is 11.4. The van der Waals surface area contributed by atoms with Gasteiger partial charge in [0.2, 0.25) is 0 Å². The van der Waals surface area contributed by atoms with E-state index < -0.39 is 33.9 Å². The third-order valence-electron chi connectivity index (χ3n) is 6.21. The van der Waals surface area contributed by atoms with Gasteiger partial charge in [0.05, 0.1) is 34.3 Å². The van der Waals surface area contributed by atoms with E-state index in [0.717, 1.165) is 11.4 Å². The van der Waals surface area contributed by atoms with Crippen molar-refractivity contribution in [3.63, 3.8) is 0 Å². The lowest BCUT2D eigenvalue weighted by molar-refractivity contribution is -0.192. The van der Waals surface area contributed by atoms with Crippen molar-refractivity contribution in [2.45, 2.75) is 25.6 Å². The van der Waals surface area contributed by atoms with Crippen LogP contribution in [0.2, 0.25) is 5.02 Å². The molecule has 41 heavy (non-hydrogen) atoms. The number of aliphatic carboxylic acids is 1. The van der Waals surface area contributed by atoms with Gasteiger partial charge >= 0.3 is 12.1 Å². The molecule has 4 aromatic rings. The van der Waals surface area contributed by atoms with Gasteiger partial charge in [-0.05, 0) is 25.5 Å². The van der Waals surface area contributed by atoms with Crippen LogP contribution < -0.4 is 16.0 Å². The van der Waals surface area contributed by atoms with Crippen molar-refractivity contribution in [3.05, 3.63) is 53.2 Å². The van der Waals surface area contributed by atoms with Crippen LogP contribution in [0, 0.1) is 0 Å². The summed E-state index contributed by atoms with van der Waals surface area (Å²) >= 11 is 6.54. The highest BCUT2D eigenvalue weighted by atomic mass is 35.5. The standard InChI is InChI=1S/C21H23ClN8O3S.C2HF3O2/c1-13(26-20(31)17-18(23)27-30-6-2-4-25-19(17)30)14-10-15(22)16-11-24-12-29(16)21(14)28-5-3-8-34(32,33)9-7-28;3-2(4,5)1(6)7/h2,4,6,10-13H,3,5,7-9H2,1H3,(H2,23,27)(H,26,31);(H,6,7). The molecule has 5 heterocycles. The van der Waals surface area contributed by atoms with Gasteiger partial charge < -0.3 is 21.1 Å². The van der Waals surface area contributed by atoms with Crippen molar-refractivity contribution >= 4 is 56.1 Å². The first-order valence-electron chi connectivity index (χ1n) is 12.0. The average Bonchev–Trinajstić information content (AvgIpc) is 3.45. The maximum absolute atomic E-state index is 13.2. The number of carbonyl (C=O) groups is 2. The number of carbonyl (C=O) groups excluding carboxylic acids is 1. The molecule has 1 amide bonds. The highest BCUT2D eigenvalue weighted by Gasteiger charge is 2.38. The molecule has 0 aliphatic carbocycles. The van der Waals surface area contributed by atoms with E-state index >= 15 is 0 Å². The van der Waals surface area contributed by atoms with Gasteiger partial charge in [-0.25, -0.2) is 27.7 Å². The molecule has 4 N–H and O–H groups in total. The Hall–Kier alpha value is -4.12. The van der Waals surface area contributed by atoms with Gasteiger partial charge in [0.25, 0.3) is 5.91 Å². The van der Waals surface area contributed by atoms with Gasteiger partial charge in [0.1, 0.15) is 17.7 Å². The normalized spacial score (nSPS) is 16.1. The van der Waals surface area contributed by atoms with E-state index in [0.29, 0.717) is 35.7 Å². The molecular weight excluding hydrogens is 593 g/mol. The van der Waals surface area contributed by atoms with Crippen LogP contribution in [0.5, 0.6) is 0 Å². The monoisotopic (exact) mass is 616 g/mol. The van der Waals surface area contributed by atoms with Gasteiger partial charge in [-0.2, -0.15) is 13.2 Å². The number of nitrogens with zero attached hydrogens (tertiary/aromatic N) is 6. The zero-order valence-corrected chi connectivity index (χ0v) is 22.9. The number of amides is 1. The van der Waals surface area contributed by atoms with E-state index in [9.17, 15) is 26.4 Å². The molecule has 0 bridgehead atoms. The molecule has 0 radical (unpaired) electrons. The molecule has 18 heteroatoms. The zero-order valence-electron chi connectivity index (χ0n) is 21.3. The summed E-state index contributed by atoms with van der Waals surface area (Å²) in [7, 11) is -3.11. The number of carboxylic acids is 1. The van der Waals surface area contributed by atoms with Crippen LogP contribution in [-0.4, -0.2) is 80.2 Å². The first-order chi connectivity index (χ1) is 19.2. The van der Waals surface area contributed by atoms with Crippen molar-refractivity contribution < 1.29 is 36.3 Å². The van der Waals surface area contributed by atoms with Crippen molar-refractivity contribution in [3.8, 4) is 0 Å². The zero-order chi connectivity index (χ0) is 30.1. The number of nitrogen functional groups attached to an aromatic ring is 1. The number of aromatic nitrogens is 5. The van der Waals surface area contributed by atoms with Crippen LogP contribution in [0.1, 0.15) is 35.3 Å². The molecule has 1 atom stereocenters. The van der Waals surface area contributed by atoms with Gasteiger partial charge in [0.15, 0.2) is 21.3 Å². The van der Waals surface area contributed by atoms with Crippen LogP contribution in [0.4, 0.5) is 24.8 Å². The Morgan fingerprint density at radius 1 is 1.24 bits per heavy atom. The highest BCUT2D eigenvalue weighted by Crippen LogP contribution is 2.34. The molecule has 1 aliphatic heterocycles. The van der Waals surface area contributed by atoms with E-state index in [-0.39, 0.29) is 22.9 Å². The second-order valence-electron chi connectivity index (χ2n) is 9.06. The summed E-state index contributed by atoms with van der Waals surface area (Å²) in [6, 6.07) is 2.99. The van der Waals surface area contributed by atoms with Crippen LogP contribution in [-0.2, 0) is 14.6 Å². The van der Waals surface area contributed by atoms with Gasteiger partial charge in [-0.3, -0.25) is 9.20 Å². The maximum Gasteiger partial charge on any atom is 0.490 e. The number of nitrogens with two attached hydrogens (primary N) is 1. The number of nitrogens with one attached hydrogen (secondary N) is 1. The number of halogens is 4. The van der Waals surface area contributed by atoms with Crippen molar-refractivity contribution in [2.24, 2.45) is 0 Å². The number of alkyl halides is 3. The minimum absolute atomic E-state index is 0.0522. The van der Waals surface area contributed by atoms with Crippen molar-refractivity contribution in [1.82, 2.24) is 29.3 Å².